The summed E-state index contributed by atoms with van der Waals surface area (Å²) in [4.78, 5) is 25.1. The van der Waals surface area contributed by atoms with E-state index < -0.39 is 33.7 Å². The molecule has 0 fully saturated rings. The van der Waals surface area contributed by atoms with Gasteiger partial charge in [0, 0.05) is 6.54 Å². The van der Waals surface area contributed by atoms with Crippen LogP contribution in [0.25, 0.3) is 0 Å². The van der Waals surface area contributed by atoms with Crippen LogP contribution in [0.5, 0.6) is 0 Å². The van der Waals surface area contributed by atoms with E-state index in [9.17, 15) is 22.4 Å². The Labute approximate surface area is 169 Å². The molecule has 0 aliphatic heterocycles. The monoisotopic (exact) mass is 419 g/mol. The van der Waals surface area contributed by atoms with Crippen LogP contribution in [-0.4, -0.2) is 39.1 Å². The first-order chi connectivity index (χ1) is 13.7. The number of nitrogens with zero attached hydrogens (tertiary/aromatic N) is 1. The topological polar surface area (TPSA) is 95.6 Å². The standard InChI is InChI=1S/C20H22FN3O4S/c1-4-13-22-20(26)15-9-5-7-11-17(15)23-19(25)14(2)24(29(3,27)28)18-12-8-6-10-16(18)21/h4-12,14H,1,13H2,2-3H3,(H,22,26)(H,23,25). The number of carbonyl (C=O) groups excluding carboxylic acids is 2. The Balaban J connectivity index is 2.33. The zero-order valence-corrected chi connectivity index (χ0v) is 16.9. The first-order valence-electron chi connectivity index (χ1n) is 8.69. The number of hydrogen-bond donors (Lipinski definition) is 2. The molecule has 0 spiro atoms. The molecule has 0 saturated carbocycles. The van der Waals surface area contributed by atoms with Gasteiger partial charge in [0.05, 0.1) is 23.2 Å². The summed E-state index contributed by atoms with van der Waals surface area (Å²) >= 11 is 0. The highest BCUT2D eigenvalue weighted by atomic mass is 32.2. The number of rotatable bonds is 8. The van der Waals surface area contributed by atoms with Gasteiger partial charge in [-0.3, -0.25) is 13.9 Å². The Kier molecular flexibility index (Phi) is 7.11. The number of carbonyl (C=O) groups is 2. The van der Waals surface area contributed by atoms with Crippen molar-refractivity contribution in [3.63, 3.8) is 0 Å². The van der Waals surface area contributed by atoms with Crippen LogP contribution < -0.4 is 14.9 Å². The molecule has 2 amide bonds. The highest BCUT2D eigenvalue weighted by Gasteiger charge is 2.31. The highest BCUT2D eigenvalue weighted by Crippen LogP contribution is 2.25. The molecule has 2 aromatic carbocycles. The zero-order valence-electron chi connectivity index (χ0n) is 16.1. The molecule has 0 bridgehead atoms. The van der Waals surface area contributed by atoms with E-state index in [-0.39, 0.29) is 23.5 Å². The number of nitrogens with one attached hydrogen (secondary N) is 2. The molecular formula is C20H22FN3O4S. The summed E-state index contributed by atoms with van der Waals surface area (Å²) in [6, 6.07) is 10.3. The van der Waals surface area contributed by atoms with Crippen molar-refractivity contribution in [2.45, 2.75) is 13.0 Å². The number of anilines is 2. The summed E-state index contributed by atoms with van der Waals surface area (Å²) in [6.45, 7) is 5.10. The van der Waals surface area contributed by atoms with E-state index in [4.69, 9.17) is 0 Å². The van der Waals surface area contributed by atoms with Gasteiger partial charge in [0.25, 0.3) is 5.91 Å². The van der Waals surface area contributed by atoms with E-state index >= 15 is 0 Å². The van der Waals surface area contributed by atoms with Crippen molar-refractivity contribution >= 4 is 33.2 Å². The maximum absolute atomic E-state index is 14.2. The quantitative estimate of drug-likeness (QED) is 0.643. The van der Waals surface area contributed by atoms with Crippen LogP contribution in [0.4, 0.5) is 15.8 Å². The fourth-order valence-electron chi connectivity index (χ4n) is 2.70. The Morgan fingerprint density at radius 3 is 2.41 bits per heavy atom. The second kappa shape index (κ2) is 9.33. The van der Waals surface area contributed by atoms with Gasteiger partial charge < -0.3 is 10.6 Å². The lowest BCUT2D eigenvalue weighted by Crippen LogP contribution is -2.46. The lowest BCUT2D eigenvalue weighted by atomic mass is 10.1. The molecule has 2 N–H and O–H groups in total. The van der Waals surface area contributed by atoms with E-state index in [1.54, 1.807) is 12.1 Å². The lowest BCUT2D eigenvalue weighted by molar-refractivity contribution is -0.116. The molecule has 2 rings (SSSR count). The predicted octanol–water partition coefficient (Wildman–Crippen LogP) is 2.53. The summed E-state index contributed by atoms with van der Waals surface area (Å²) in [5.41, 5.74) is 0.161. The Hall–Kier alpha value is -3.20. The van der Waals surface area contributed by atoms with Gasteiger partial charge >= 0.3 is 0 Å². The van der Waals surface area contributed by atoms with Gasteiger partial charge in [-0.25, -0.2) is 12.8 Å². The number of para-hydroxylation sites is 2. The number of halogens is 1. The molecule has 0 aliphatic rings. The fraction of sp³-hybridized carbons (Fsp3) is 0.200. The zero-order chi connectivity index (χ0) is 21.6. The third-order valence-corrected chi connectivity index (χ3v) is 5.24. The summed E-state index contributed by atoms with van der Waals surface area (Å²) in [6.07, 6.45) is 2.40. The predicted molar refractivity (Wildman–Crippen MR) is 111 cm³/mol. The van der Waals surface area contributed by atoms with Gasteiger partial charge in [-0.15, -0.1) is 6.58 Å². The Morgan fingerprint density at radius 1 is 1.17 bits per heavy atom. The smallest absolute Gasteiger partial charge is 0.253 e. The number of hydrogen-bond acceptors (Lipinski definition) is 4. The van der Waals surface area contributed by atoms with Crippen molar-refractivity contribution in [2.75, 3.05) is 22.4 Å². The third kappa shape index (κ3) is 5.41. The highest BCUT2D eigenvalue weighted by molar-refractivity contribution is 7.92. The molecule has 154 valence electrons. The molecule has 0 radical (unpaired) electrons. The SMILES string of the molecule is C=CCNC(=O)c1ccccc1NC(=O)C(C)N(c1ccccc1F)S(C)(=O)=O. The minimum atomic E-state index is -3.97. The maximum Gasteiger partial charge on any atom is 0.253 e. The molecule has 29 heavy (non-hydrogen) atoms. The Bertz CT molecular complexity index is 1020. The van der Waals surface area contributed by atoms with Gasteiger partial charge in [-0.05, 0) is 31.2 Å². The fourth-order valence-corrected chi connectivity index (χ4v) is 3.87. The van der Waals surface area contributed by atoms with Crippen LogP contribution in [0.2, 0.25) is 0 Å². The van der Waals surface area contributed by atoms with Gasteiger partial charge in [0.2, 0.25) is 15.9 Å². The van der Waals surface area contributed by atoms with Gasteiger partial charge in [0.15, 0.2) is 0 Å². The molecule has 7 nitrogen and oxygen atoms in total. The van der Waals surface area contributed by atoms with Crippen LogP contribution in [0.1, 0.15) is 17.3 Å². The molecule has 0 aromatic heterocycles. The van der Waals surface area contributed by atoms with Gasteiger partial charge in [-0.2, -0.15) is 0 Å². The second-order valence-electron chi connectivity index (χ2n) is 6.22. The number of benzene rings is 2. The average molecular weight is 419 g/mol. The van der Waals surface area contributed by atoms with Crippen LogP contribution >= 0.6 is 0 Å². The Morgan fingerprint density at radius 2 is 1.79 bits per heavy atom. The van der Waals surface area contributed by atoms with E-state index in [2.05, 4.69) is 17.2 Å². The van der Waals surface area contributed by atoms with Gasteiger partial charge in [-0.1, -0.05) is 30.3 Å². The average Bonchev–Trinajstić information content (AvgIpc) is 2.67. The molecule has 0 aliphatic carbocycles. The van der Waals surface area contributed by atoms with Crippen LogP contribution in [0, 0.1) is 5.82 Å². The number of sulfonamides is 1. The first-order valence-corrected chi connectivity index (χ1v) is 10.5. The maximum atomic E-state index is 14.2. The van der Waals surface area contributed by atoms with Crippen LogP contribution in [0.15, 0.2) is 61.2 Å². The first kappa shape index (κ1) is 22.1. The van der Waals surface area contributed by atoms with Crippen molar-refractivity contribution in [1.29, 1.82) is 0 Å². The lowest BCUT2D eigenvalue weighted by Gasteiger charge is -2.28. The molecule has 9 heteroatoms. The molecule has 1 unspecified atom stereocenters. The summed E-state index contributed by atoms with van der Waals surface area (Å²) in [7, 11) is -3.97. The van der Waals surface area contributed by atoms with Crippen LogP contribution in [-0.2, 0) is 14.8 Å². The normalized spacial score (nSPS) is 12.0. The summed E-state index contributed by atoms with van der Waals surface area (Å²) in [5, 5.41) is 5.16. The van der Waals surface area contributed by atoms with E-state index in [0.29, 0.717) is 4.31 Å². The number of amides is 2. The molecule has 1 atom stereocenters. The summed E-state index contributed by atoms with van der Waals surface area (Å²) < 4.78 is 39.5. The minimum Gasteiger partial charge on any atom is -0.349 e. The molecule has 0 saturated heterocycles. The molecular weight excluding hydrogens is 397 g/mol. The van der Waals surface area contributed by atoms with E-state index in [1.807, 2.05) is 0 Å². The molecule has 2 aromatic rings. The third-order valence-electron chi connectivity index (χ3n) is 4.01. The minimum absolute atomic E-state index is 0.201. The van der Waals surface area contributed by atoms with E-state index in [1.165, 1.54) is 43.3 Å². The largest absolute Gasteiger partial charge is 0.349 e. The van der Waals surface area contributed by atoms with Crippen molar-refractivity contribution in [3.8, 4) is 0 Å². The van der Waals surface area contributed by atoms with Crippen LogP contribution in [0.3, 0.4) is 0 Å². The van der Waals surface area contributed by atoms with Crippen molar-refractivity contribution in [1.82, 2.24) is 5.32 Å². The molecule has 0 heterocycles. The van der Waals surface area contributed by atoms with Crippen molar-refractivity contribution in [3.05, 3.63) is 72.6 Å². The van der Waals surface area contributed by atoms with Gasteiger partial charge in [0.1, 0.15) is 11.9 Å². The van der Waals surface area contributed by atoms with Crippen molar-refractivity contribution < 1.29 is 22.4 Å². The summed E-state index contributed by atoms with van der Waals surface area (Å²) in [5.74, 6) is -1.92. The van der Waals surface area contributed by atoms with Crippen molar-refractivity contribution in [2.24, 2.45) is 0 Å². The van der Waals surface area contributed by atoms with E-state index in [0.717, 1.165) is 12.3 Å². The second-order valence-corrected chi connectivity index (χ2v) is 8.08.